The highest BCUT2D eigenvalue weighted by Gasteiger charge is 2.40. The Morgan fingerprint density at radius 1 is 1.06 bits per heavy atom. The number of fused-ring (bicyclic) bond motifs is 1. The Kier molecular flexibility index (Phi) is 8.24. The second-order valence-corrected chi connectivity index (χ2v) is 9.27. The van der Waals surface area contributed by atoms with E-state index in [0.717, 1.165) is 0 Å². The van der Waals surface area contributed by atoms with Crippen LogP contribution in [0.3, 0.4) is 0 Å². The minimum Gasteiger partial charge on any atom is -0.480 e. The van der Waals surface area contributed by atoms with Crippen molar-refractivity contribution in [3.63, 3.8) is 0 Å². The van der Waals surface area contributed by atoms with Crippen LogP contribution in [-0.4, -0.2) is 47.0 Å². The van der Waals surface area contributed by atoms with Gasteiger partial charge in [-0.05, 0) is 36.3 Å². The zero-order chi connectivity index (χ0) is 24.2. The van der Waals surface area contributed by atoms with Gasteiger partial charge in [-0.2, -0.15) is 0 Å². The van der Waals surface area contributed by atoms with Gasteiger partial charge in [-0.25, -0.2) is 9.59 Å². The Labute approximate surface area is 188 Å². The third-order valence-corrected chi connectivity index (χ3v) is 5.37. The third-order valence-electron chi connectivity index (χ3n) is 5.37. The smallest absolute Gasteiger partial charge is 0.326 e. The quantitative estimate of drug-likeness (QED) is 0.488. The topological polar surface area (TPSA) is 128 Å². The summed E-state index contributed by atoms with van der Waals surface area (Å²) in [6, 6.07) is 3.62. The van der Waals surface area contributed by atoms with E-state index in [0.29, 0.717) is 17.8 Å². The number of carboxylic acid groups (broad SMARTS) is 1. The minimum absolute atomic E-state index is 0.0613. The molecular formula is C23H34N4O5. The van der Waals surface area contributed by atoms with Crippen LogP contribution in [0.5, 0.6) is 0 Å². The standard InChI is InChI=1S/C23H34N4O5/c1-12(2)11-16(20(28)26-18(13(3)4)22(30)31)25-23(32)27-17-10-8-7-9-15(17)24-21(29)19(27)14(5)6/h7-10,12-14,16,18-19H,11H2,1-6H3,(H,24,29)(H,25,32)(H,26,28)(H,30,31)/t16-,18+,19+/m1/s1. The number of hydrogen-bond donors (Lipinski definition) is 4. The molecule has 0 spiro atoms. The average molecular weight is 447 g/mol. The summed E-state index contributed by atoms with van der Waals surface area (Å²) in [6.45, 7) is 10.9. The number of carbonyl (C=O) groups excluding carboxylic acids is 3. The Morgan fingerprint density at radius 2 is 1.69 bits per heavy atom. The molecule has 0 radical (unpaired) electrons. The van der Waals surface area contributed by atoms with Crippen LogP contribution < -0.4 is 20.9 Å². The monoisotopic (exact) mass is 446 g/mol. The summed E-state index contributed by atoms with van der Waals surface area (Å²) in [4.78, 5) is 52.0. The van der Waals surface area contributed by atoms with E-state index in [1.165, 1.54) is 4.90 Å². The number of carboxylic acids is 1. The molecule has 1 heterocycles. The first-order chi connectivity index (χ1) is 14.9. The molecule has 0 fully saturated rings. The van der Waals surface area contributed by atoms with Crippen LogP contribution >= 0.6 is 0 Å². The summed E-state index contributed by atoms with van der Waals surface area (Å²) in [6.07, 6.45) is 0.316. The normalized spacial score (nSPS) is 17.6. The lowest BCUT2D eigenvalue weighted by molar-refractivity contribution is -0.143. The maximum Gasteiger partial charge on any atom is 0.326 e. The summed E-state index contributed by atoms with van der Waals surface area (Å²) in [7, 11) is 0. The van der Waals surface area contributed by atoms with Gasteiger partial charge >= 0.3 is 12.0 Å². The summed E-state index contributed by atoms with van der Waals surface area (Å²) in [5.41, 5.74) is 1.05. The molecular weight excluding hydrogens is 412 g/mol. The molecule has 1 aliphatic rings. The zero-order valence-corrected chi connectivity index (χ0v) is 19.5. The fourth-order valence-electron chi connectivity index (χ4n) is 3.79. The molecule has 32 heavy (non-hydrogen) atoms. The summed E-state index contributed by atoms with van der Waals surface area (Å²) in [5, 5.41) is 17.5. The average Bonchev–Trinajstić information content (AvgIpc) is 2.68. The molecule has 176 valence electrons. The van der Waals surface area contributed by atoms with Crippen molar-refractivity contribution in [1.29, 1.82) is 0 Å². The van der Waals surface area contributed by atoms with E-state index in [4.69, 9.17) is 0 Å². The van der Waals surface area contributed by atoms with Crippen LogP contribution in [0.1, 0.15) is 48.0 Å². The van der Waals surface area contributed by atoms with Crippen LogP contribution in [0.2, 0.25) is 0 Å². The number of nitrogens with zero attached hydrogens (tertiary/aromatic N) is 1. The van der Waals surface area contributed by atoms with Crippen molar-refractivity contribution in [2.24, 2.45) is 17.8 Å². The van der Waals surface area contributed by atoms with Crippen molar-refractivity contribution >= 4 is 35.2 Å². The van der Waals surface area contributed by atoms with Crippen molar-refractivity contribution in [2.75, 3.05) is 10.2 Å². The fourth-order valence-corrected chi connectivity index (χ4v) is 3.79. The van der Waals surface area contributed by atoms with Gasteiger partial charge in [-0.1, -0.05) is 53.7 Å². The molecule has 4 amide bonds. The van der Waals surface area contributed by atoms with Crippen molar-refractivity contribution in [1.82, 2.24) is 10.6 Å². The largest absolute Gasteiger partial charge is 0.480 e. The number of carbonyl (C=O) groups is 4. The van der Waals surface area contributed by atoms with Crippen LogP contribution in [0, 0.1) is 17.8 Å². The number of aliphatic carboxylic acids is 1. The predicted molar refractivity (Wildman–Crippen MR) is 122 cm³/mol. The summed E-state index contributed by atoms with van der Waals surface area (Å²) >= 11 is 0. The van der Waals surface area contributed by atoms with Crippen molar-refractivity contribution < 1.29 is 24.3 Å². The first-order valence-electron chi connectivity index (χ1n) is 11.0. The van der Waals surface area contributed by atoms with Crippen LogP contribution in [0.25, 0.3) is 0 Å². The molecule has 0 saturated heterocycles. The van der Waals surface area contributed by atoms with E-state index < -0.39 is 36.0 Å². The lowest BCUT2D eigenvalue weighted by atomic mass is 9.97. The van der Waals surface area contributed by atoms with Crippen molar-refractivity contribution in [2.45, 2.75) is 66.1 Å². The first kappa shape index (κ1) is 25.2. The predicted octanol–water partition coefficient (Wildman–Crippen LogP) is 2.82. The number of nitrogens with one attached hydrogen (secondary N) is 3. The molecule has 1 aliphatic heterocycles. The SMILES string of the molecule is CC(C)C[C@@H](NC(=O)N1c2ccccc2NC(=O)[C@@H]1C(C)C)C(=O)N[C@H](C(=O)O)C(C)C. The van der Waals surface area contributed by atoms with Gasteiger partial charge in [0, 0.05) is 0 Å². The van der Waals surface area contributed by atoms with Crippen LogP contribution in [0.4, 0.5) is 16.2 Å². The molecule has 0 bridgehead atoms. The Bertz CT molecular complexity index is 868. The number of amides is 4. The Balaban J connectivity index is 2.34. The van der Waals surface area contributed by atoms with E-state index in [-0.39, 0.29) is 23.7 Å². The summed E-state index contributed by atoms with van der Waals surface area (Å²) in [5.74, 6) is -2.44. The molecule has 0 aromatic heterocycles. The minimum atomic E-state index is -1.13. The summed E-state index contributed by atoms with van der Waals surface area (Å²) < 4.78 is 0. The highest BCUT2D eigenvalue weighted by atomic mass is 16.4. The van der Waals surface area contributed by atoms with Gasteiger partial charge in [0.1, 0.15) is 18.1 Å². The molecule has 0 unspecified atom stereocenters. The molecule has 4 N–H and O–H groups in total. The van der Waals surface area contributed by atoms with Crippen LogP contribution in [0.15, 0.2) is 24.3 Å². The van der Waals surface area contributed by atoms with Gasteiger partial charge in [0.05, 0.1) is 11.4 Å². The number of urea groups is 1. The van der Waals surface area contributed by atoms with Gasteiger partial charge in [0.15, 0.2) is 0 Å². The van der Waals surface area contributed by atoms with Gasteiger partial charge in [-0.3, -0.25) is 14.5 Å². The molecule has 0 saturated carbocycles. The van der Waals surface area contributed by atoms with E-state index in [1.54, 1.807) is 38.1 Å². The lowest BCUT2D eigenvalue weighted by Gasteiger charge is -2.39. The number of hydrogen-bond acceptors (Lipinski definition) is 4. The Hall–Kier alpha value is -3.10. The molecule has 3 atom stereocenters. The third kappa shape index (κ3) is 5.77. The zero-order valence-electron chi connectivity index (χ0n) is 19.5. The van der Waals surface area contributed by atoms with Gasteiger partial charge in [0.25, 0.3) is 0 Å². The van der Waals surface area contributed by atoms with Crippen LogP contribution in [-0.2, 0) is 14.4 Å². The highest BCUT2D eigenvalue weighted by molar-refractivity contribution is 6.12. The van der Waals surface area contributed by atoms with Gasteiger partial charge in [-0.15, -0.1) is 0 Å². The Morgan fingerprint density at radius 3 is 2.22 bits per heavy atom. The van der Waals surface area contributed by atoms with Gasteiger partial charge < -0.3 is 21.1 Å². The number of benzene rings is 1. The molecule has 1 aromatic rings. The maximum atomic E-state index is 13.4. The fraction of sp³-hybridized carbons (Fsp3) is 0.565. The number of para-hydroxylation sites is 2. The second-order valence-electron chi connectivity index (χ2n) is 9.27. The number of rotatable bonds is 8. The van der Waals surface area contributed by atoms with E-state index in [9.17, 15) is 24.3 Å². The van der Waals surface area contributed by atoms with Crippen molar-refractivity contribution in [3.8, 4) is 0 Å². The van der Waals surface area contributed by atoms with Crippen molar-refractivity contribution in [3.05, 3.63) is 24.3 Å². The van der Waals surface area contributed by atoms with E-state index in [1.807, 2.05) is 27.7 Å². The number of anilines is 2. The lowest BCUT2D eigenvalue weighted by Crippen LogP contribution is -2.60. The maximum absolute atomic E-state index is 13.4. The van der Waals surface area contributed by atoms with E-state index >= 15 is 0 Å². The second kappa shape index (κ2) is 10.5. The molecule has 0 aliphatic carbocycles. The molecule has 2 rings (SSSR count). The van der Waals surface area contributed by atoms with Gasteiger partial charge in [0.2, 0.25) is 11.8 Å². The van der Waals surface area contributed by atoms with E-state index in [2.05, 4.69) is 16.0 Å². The highest BCUT2D eigenvalue weighted by Crippen LogP contribution is 2.34. The molecule has 1 aromatic carbocycles. The molecule has 9 heteroatoms. The molecule has 9 nitrogen and oxygen atoms in total. The first-order valence-corrected chi connectivity index (χ1v) is 11.0.